The molecule has 1 aromatic heterocycles. The molecule has 27 heavy (non-hydrogen) atoms. The Morgan fingerprint density at radius 3 is 2.96 bits per heavy atom. The summed E-state index contributed by atoms with van der Waals surface area (Å²) in [6.07, 6.45) is 4.91. The van der Waals surface area contributed by atoms with Crippen molar-refractivity contribution in [3.8, 4) is 0 Å². The molecule has 2 atom stereocenters. The van der Waals surface area contributed by atoms with E-state index in [0.29, 0.717) is 17.7 Å². The van der Waals surface area contributed by atoms with Gasteiger partial charge in [-0.3, -0.25) is 9.69 Å². The topological polar surface area (TPSA) is 70.2 Å². The maximum atomic E-state index is 12.6. The van der Waals surface area contributed by atoms with Crippen molar-refractivity contribution in [1.29, 1.82) is 0 Å². The Balaban J connectivity index is 1.61. The number of aromatic nitrogens is 2. The second-order valence-electron chi connectivity index (χ2n) is 7.58. The van der Waals surface area contributed by atoms with E-state index in [2.05, 4.69) is 33.8 Å². The van der Waals surface area contributed by atoms with Gasteiger partial charge in [0.25, 0.3) is 0 Å². The van der Waals surface area contributed by atoms with Gasteiger partial charge in [0.05, 0.1) is 6.04 Å². The van der Waals surface area contributed by atoms with Gasteiger partial charge in [0.2, 0.25) is 11.9 Å². The molecule has 2 heterocycles. The van der Waals surface area contributed by atoms with Crippen molar-refractivity contribution >= 4 is 17.7 Å². The van der Waals surface area contributed by atoms with Crippen molar-refractivity contribution in [3.63, 3.8) is 0 Å². The van der Waals surface area contributed by atoms with Gasteiger partial charge in [0.15, 0.2) is 0 Å². The minimum Gasteiger partial charge on any atom is -0.354 e. The summed E-state index contributed by atoms with van der Waals surface area (Å²) in [6, 6.07) is 8.44. The van der Waals surface area contributed by atoms with E-state index in [1.54, 1.807) is 6.92 Å². The third-order valence-corrected chi connectivity index (χ3v) is 5.64. The molecule has 2 N–H and O–H groups in total. The summed E-state index contributed by atoms with van der Waals surface area (Å²) in [6.45, 7) is 6.55. The molecule has 2 unspecified atom stereocenters. The number of carbonyl (C=O) groups is 1. The molecule has 4 rings (SSSR count). The number of anilines is 2. The fraction of sp³-hybridized carbons (Fsp3) is 0.476. The molecule has 0 spiro atoms. The van der Waals surface area contributed by atoms with Gasteiger partial charge < -0.3 is 10.6 Å². The lowest BCUT2D eigenvalue weighted by atomic mass is 10.1. The summed E-state index contributed by atoms with van der Waals surface area (Å²) in [5.41, 5.74) is 3.48. The molecule has 2 aliphatic rings. The quantitative estimate of drug-likeness (QED) is 0.853. The van der Waals surface area contributed by atoms with Crippen LogP contribution >= 0.6 is 0 Å². The molecule has 0 saturated carbocycles. The van der Waals surface area contributed by atoms with Crippen LogP contribution in [0, 0.1) is 12.8 Å². The van der Waals surface area contributed by atoms with Crippen LogP contribution in [0.3, 0.4) is 0 Å². The number of hydrogen-bond donors (Lipinski definition) is 2. The van der Waals surface area contributed by atoms with Gasteiger partial charge in [-0.05, 0) is 56.3 Å². The number of benzene rings is 1. The van der Waals surface area contributed by atoms with Gasteiger partial charge >= 0.3 is 0 Å². The average Bonchev–Trinajstić information content (AvgIpc) is 3.32. The molecule has 1 saturated heterocycles. The fourth-order valence-corrected chi connectivity index (χ4v) is 4.21. The van der Waals surface area contributed by atoms with Crippen LogP contribution in [0.25, 0.3) is 0 Å². The Bertz CT molecular complexity index is 831. The van der Waals surface area contributed by atoms with E-state index < -0.39 is 0 Å². The Labute approximate surface area is 160 Å². The second-order valence-corrected chi connectivity index (χ2v) is 7.58. The monoisotopic (exact) mass is 365 g/mol. The highest BCUT2D eigenvalue weighted by molar-refractivity contribution is 5.92. The molecule has 6 nitrogen and oxygen atoms in total. The molecule has 2 aromatic rings. The van der Waals surface area contributed by atoms with Crippen LogP contribution in [0.5, 0.6) is 0 Å². The maximum absolute atomic E-state index is 12.6. The normalized spacial score (nSPS) is 21.1. The number of hydrogen-bond acceptors (Lipinski definition) is 5. The first-order valence-corrected chi connectivity index (χ1v) is 9.79. The SMILES string of the molecule is CC(=O)N(c1nc(NCC2CCNC2)ncc1C)C1CCc2ccccc21. The molecule has 1 aliphatic carbocycles. The van der Waals surface area contributed by atoms with Crippen LogP contribution in [0.2, 0.25) is 0 Å². The lowest BCUT2D eigenvalue weighted by Gasteiger charge is -2.29. The zero-order chi connectivity index (χ0) is 18.8. The number of aryl methyl sites for hydroxylation is 2. The molecule has 142 valence electrons. The molecule has 0 bridgehead atoms. The van der Waals surface area contributed by atoms with E-state index in [9.17, 15) is 4.79 Å². The Morgan fingerprint density at radius 1 is 1.33 bits per heavy atom. The largest absolute Gasteiger partial charge is 0.354 e. The molecule has 1 aromatic carbocycles. The number of carbonyl (C=O) groups excluding carboxylic acids is 1. The van der Waals surface area contributed by atoms with E-state index in [0.717, 1.165) is 38.0 Å². The van der Waals surface area contributed by atoms with Gasteiger partial charge in [-0.2, -0.15) is 4.98 Å². The lowest BCUT2D eigenvalue weighted by Crippen LogP contribution is -2.33. The van der Waals surface area contributed by atoms with Gasteiger partial charge in [-0.15, -0.1) is 0 Å². The van der Waals surface area contributed by atoms with Gasteiger partial charge in [-0.25, -0.2) is 4.98 Å². The fourth-order valence-electron chi connectivity index (χ4n) is 4.21. The average molecular weight is 365 g/mol. The van der Waals surface area contributed by atoms with Crippen molar-refractivity contribution in [1.82, 2.24) is 15.3 Å². The third kappa shape index (κ3) is 3.67. The third-order valence-electron chi connectivity index (χ3n) is 5.64. The number of rotatable bonds is 5. The highest BCUT2D eigenvalue weighted by atomic mass is 16.2. The van der Waals surface area contributed by atoms with Crippen molar-refractivity contribution < 1.29 is 4.79 Å². The van der Waals surface area contributed by atoms with E-state index in [4.69, 9.17) is 4.98 Å². The molecule has 1 fully saturated rings. The van der Waals surface area contributed by atoms with Gasteiger partial charge in [0.1, 0.15) is 5.82 Å². The van der Waals surface area contributed by atoms with E-state index >= 15 is 0 Å². The zero-order valence-corrected chi connectivity index (χ0v) is 16.0. The van der Waals surface area contributed by atoms with Crippen LogP contribution in [0.15, 0.2) is 30.5 Å². The van der Waals surface area contributed by atoms with Crippen molar-refractivity contribution in [2.24, 2.45) is 5.92 Å². The molecule has 1 aliphatic heterocycles. The molecule has 6 heteroatoms. The number of amides is 1. The van der Waals surface area contributed by atoms with Crippen molar-refractivity contribution in [2.45, 2.75) is 39.2 Å². The molecule has 0 radical (unpaired) electrons. The standard InChI is InChI=1S/C21H27N5O/c1-14-11-23-21(24-13-16-9-10-22-12-16)25-20(14)26(15(2)27)19-8-7-17-5-3-4-6-18(17)19/h3-6,11,16,19,22H,7-10,12-13H2,1-2H3,(H,23,24,25). The van der Waals surface area contributed by atoms with Crippen LogP contribution < -0.4 is 15.5 Å². The zero-order valence-electron chi connectivity index (χ0n) is 16.0. The van der Waals surface area contributed by atoms with E-state index in [1.165, 1.54) is 17.5 Å². The highest BCUT2D eigenvalue weighted by Crippen LogP contribution is 2.38. The summed E-state index contributed by atoms with van der Waals surface area (Å²) in [5, 5.41) is 6.73. The summed E-state index contributed by atoms with van der Waals surface area (Å²) in [5.74, 6) is 1.93. The van der Waals surface area contributed by atoms with Crippen LogP contribution in [-0.4, -0.2) is 35.5 Å². The smallest absolute Gasteiger partial charge is 0.225 e. The van der Waals surface area contributed by atoms with E-state index in [-0.39, 0.29) is 11.9 Å². The first-order valence-electron chi connectivity index (χ1n) is 9.79. The minimum absolute atomic E-state index is 0.0180. The first kappa shape index (κ1) is 17.9. The predicted octanol–water partition coefficient (Wildman–Crippen LogP) is 2.85. The summed E-state index contributed by atoms with van der Waals surface area (Å²) >= 11 is 0. The second kappa shape index (κ2) is 7.64. The maximum Gasteiger partial charge on any atom is 0.225 e. The number of nitrogens with one attached hydrogen (secondary N) is 2. The van der Waals surface area contributed by atoms with E-state index in [1.807, 2.05) is 24.1 Å². The lowest BCUT2D eigenvalue weighted by molar-refractivity contribution is -0.117. The van der Waals surface area contributed by atoms with Crippen LogP contribution in [-0.2, 0) is 11.2 Å². The van der Waals surface area contributed by atoms with Crippen LogP contribution in [0.4, 0.5) is 11.8 Å². The molecular formula is C21H27N5O. The Hall–Kier alpha value is -2.47. The Morgan fingerprint density at radius 2 is 2.19 bits per heavy atom. The first-order chi connectivity index (χ1) is 13.1. The highest BCUT2D eigenvalue weighted by Gasteiger charge is 2.32. The molecular weight excluding hydrogens is 338 g/mol. The minimum atomic E-state index is 0.0180. The summed E-state index contributed by atoms with van der Waals surface area (Å²) in [4.78, 5) is 23.6. The van der Waals surface area contributed by atoms with Crippen molar-refractivity contribution in [3.05, 3.63) is 47.2 Å². The van der Waals surface area contributed by atoms with Gasteiger partial charge in [0, 0.05) is 25.2 Å². The number of nitrogens with zero attached hydrogens (tertiary/aromatic N) is 3. The van der Waals surface area contributed by atoms with Crippen molar-refractivity contribution in [2.75, 3.05) is 29.9 Å². The summed E-state index contributed by atoms with van der Waals surface area (Å²) < 4.78 is 0. The Kier molecular flexibility index (Phi) is 5.07. The summed E-state index contributed by atoms with van der Waals surface area (Å²) in [7, 11) is 0. The number of fused-ring (bicyclic) bond motifs is 1. The molecule has 1 amide bonds. The predicted molar refractivity (Wildman–Crippen MR) is 107 cm³/mol. The van der Waals surface area contributed by atoms with Crippen LogP contribution in [0.1, 0.15) is 42.5 Å². The van der Waals surface area contributed by atoms with Gasteiger partial charge in [-0.1, -0.05) is 24.3 Å².